The average Bonchev–Trinajstić information content (AvgIpc) is 3.22. The van der Waals surface area contributed by atoms with Gasteiger partial charge in [-0.25, -0.2) is 4.98 Å². The number of aryl methyl sites for hydroxylation is 2. The standard InChI is InChI=1S/C31H23ClN2O4/c1-18-13-24-25(14-19(18)2)38-30-27(29(24)35)28(34(31(30)36)26-12-11-22(32)16-33-26)21-9-6-10-23(15-21)37-17-20-7-4-3-5-8-20/h3-16,28H,17H2,1-2H3. The zero-order valence-corrected chi connectivity index (χ0v) is 21.5. The highest BCUT2D eigenvalue weighted by Crippen LogP contribution is 2.41. The molecule has 1 aliphatic heterocycles. The molecule has 2 aromatic heterocycles. The van der Waals surface area contributed by atoms with Crippen molar-refractivity contribution >= 4 is 34.3 Å². The van der Waals surface area contributed by atoms with Gasteiger partial charge in [-0.2, -0.15) is 0 Å². The van der Waals surface area contributed by atoms with Gasteiger partial charge in [-0.1, -0.05) is 54.1 Å². The number of carbonyl (C=O) groups excluding carboxylic acids is 1. The summed E-state index contributed by atoms with van der Waals surface area (Å²) >= 11 is 6.08. The predicted octanol–water partition coefficient (Wildman–Crippen LogP) is 6.79. The molecule has 3 aromatic carbocycles. The molecule has 1 amide bonds. The number of halogens is 1. The number of fused-ring (bicyclic) bond motifs is 2. The van der Waals surface area contributed by atoms with Gasteiger partial charge in [0.2, 0.25) is 5.76 Å². The molecule has 0 aliphatic carbocycles. The number of rotatable bonds is 5. The second kappa shape index (κ2) is 9.47. The first-order chi connectivity index (χ1) is 18.4. The van der Waals surface area contributed by atoms with Crippen LogP contribution < -0.4 is 15.1 Å². The van der Waals surface area contributed by atoms with Crippen LogP contribution in [-0.2, 0) is 6.61 Å². The lowest BCUT2D eigenvalue weighted by Gasteiger charge is -2.24. The van der Waals surface area contributed by atoms with Crippen LogP contribution in [0.15, 0.2) is 94.3 Å². The average molecular weight is 523 g/mol. The van der Waals surface area contributed by atoms with Gasteiger partial charge in [0.25, 0.3) is 5.91 Å². The summed E-state index contributed by atoms with van der Waals surface area (Å²) in [7, 11) is 0. The summed E-state index contributed by atoms with van der Waals surface area (Å²) in [6, 6.07) is 23.5. The van der Waals surface area contributed by atoms with Crippen molar-refractivity contribution in [1.29, 1.82) is 0 Å². The fourth-order valence-electron chi connectivity index (χ4n) is 4.81. The number of hydrogen-bond acceptors (Lipinski definition) is 5. The number of ether oxygens (including phenoxy) is 1. The summed E-state index contributed by atoms with van der Waals surface area (Å²) in [5.41, 5.74) is 4.10. The van der Waals surface area contributed by atoms with E-state index in [1.54, 1.807) is 18.2 Å². The first kappa shape index (κ1) is 23.9. The van der Waals surface area contributed by atoms with Crippen LogP contribution in [0, 0.1) is 13.8 Å². The summed E-state index contributed by atoms with van der Waals surface area (Å²) in [5.74, 6) is 0.561. The molecule has 1 atom stereocenters. The molecule has 0 saturated heterocycles. The first-order valence-corrected chi connectivity index (χ1v) is 12.6. The highest BCUT2D eigenvalue weighted by Gasteiger charge is 2.44. The van der Waals surface area contributed by atoms with Crippen molar-refractivity contribution in [3.63, 3.8) is 0 Å². The molecule has 0 bridgehead atoms. The summed E-state index contributed by atoms with van der Waals surface area (Å²) in [4.78, 5) is 33.6. The molecule has 6 rings (SSSR count). The smallest absolute Gasteiger partial charge is 0.296 e. The fraction of sp³-hybridized carbons (Fsp3) is 0.129. The minimum absolute atomic E-state index is 0.0168. The molecular formula is C31H23ClN2O4. The van der Waals surface area contributed by atoms with E-state index in [0.717, 1.165) is 16.7 Å². The Kier molecular flexibility index (Phi) is 5.97. The number of carbonyl (C=O) groups is 1. The van der Waals surface area contributed by atoms with E-state index in [2.05, 4.69) is 4.98 Å². The number of pyridine rings is 1. The summed E-state index contributed by atoms with van der Waals surface area (Å²) in [6.07, 6.45) is 1.47. The quantitative estimate of drug-likeness (QED) is 0.254. The number of amides is 1. The fourth-order valence-corrected chi connectivity index (χ4v) is 4.92. The number of aromatic nitrogens is 1. The van der Waals surface area contributed by atoms with Gasteiger partial charge in [0.1, 0.15) is 23.8 Å². The lowest BCUT2D eigenvalue weighted by atomic mass is 9.97. The summed E-state index contributed by atoms with van der Waals surface area (Å²) < 4.78 is 12.2. The number of anilines is 1. The van der Waals surface area contributed by atoms with Crippen molar-refractivity contribution in [2.75, 3.05) is 4.90 Å². The van der Waals surface area contributed by atoms with Crippen LogP contribution in [-0.4, -0.2) is 10.9 Å². The monoisotopic (exact) mass is 522 g/mol. The molecule has 188 valence electrons. The van der Waals surface area contributed by atoms with Crippen LogP contribution in [0.5, 0.6) is 5.75 Å². The van der Waals surface area contributed by atoms with Gasteiger partial charge in [0.05, 0.1) is 22.0 Å². The van der Waals surface area contributed by atoms with Gasteiger partial charge in [0, 0.05) is 6.20 Å². The normalized spacial score (nSPS) is 14.7. The van der Waals surface area contributed by atoms with Gasteiger partial charge in [0.15, 0.2) is 5.43 Å². The van der Waals surface area contributed by atoms with Gasteiger partial charge >= 0.3 is 0 Å². The van der Waals surface area contributed by atoms with Crippen LogP contribution in [0.3, 0.4) is 0 Å². The molecule has 0 radical (unpaired) electrons. The van der Waals surface area contributed by atoms with Crippen molar-refractivity contribution in [2.45, 2.75) is 26.5 Å². The van der Waals surface area contributed by atoms with Crippen molar-refractivity contribution < 1.29 is 13.9 Å². The topological polar surface area (TPSA) is 72.6 Å². The predicted molar refractivity (Wildman–Crippen MR) is 147 cm³/mol. The van der Waals surface area contributed by atoms with Gasteiger partial charge in [-0.05, 0) is 72.5 Å². The lowest BCUT2D eigenvalue weighted by Crippen LogP contribution is -2.30. The molecular weight excluding hydrogens is 500 g/mol. The highest BCUT2D eigenvalue weighted by atomic mass is 35.5. The molecule has 0 saturated carbocycles. The Balaban J connectivity index is 1.51. The number of hydrogen-bond donors (Lipinski definition) is 0. The third-order valence-electron chi connectivity index (χ3n) is 6.87. The molecule has 0 fully saturated rings. The van der Waals surface area contributed by atoms with E-state index in [1.165, 1.54) is 11.1 Å². The van der Waals surface area contributed by atoms with Gasteiger partial charge in [-0.3, -0.25) is 14.5 Å². The molecule has 0 N–H and O–H groups in total. The molecule has 0 spiro atoms. The maximum Gasteiger partial charge on any atom is 0.296 e. The Morgan fingerprint density at radius 1 is 0.947 bits per heavy atom. The van der Waals surface area contributed by atoms with Crippen LogP contribution in [0.25, 0.3) is 11.0 Å². The Morgan fingerprint density at radius 2 is 1.74 bits per heavy atom. The summed E-state index contributed by atoms with van der Waals surface area (Å²) in [6.45, 7) is 4.28. The van der Waals surface area contributed by atoms with Crippen molar-refractivity contribution in [2.24, 2.45) is 0 Å². The first-order valence-electron chi connectivity index (χ1n) is 12.2. The Labute approximate surface area is 224 Å². The number of nitrogens with zero attached hydrogens (tertiary/aromatic N) is 2. The maximum atomic E-state index is 13.9. The zero-order chi connectivity index (χ0) is 26.4. The Hall–Kier alpha value is -4.42. The van der Waals surface area contributed by atoms with E-state index in [4.69, 9.17) is 20.8 Å². The van der Waals surface area contributed by atoms with E-state index < -0.39 is 11.9 Å². The van der Waals surface area contributed by atoms with Crippen LogP contribution in [0.1, 0.15) is 44.4 Å². The van der Waals surface area contributed by atoms with Crippen LogP contribution in [0.4, 0.5) is 5.82 Å². The van der Waals surface area contributed by atoms with Gasteiger partial charge in [-0.15, -0.1) is 0 Å². The second-order valence-electron chi connectivity index (χ2n) is 9.37. The third-order valence-corrected chi connectivity index (χ3v) is 7.09. The summed E-state index contributed by atoms with van der Waals surface area (Å²) in [5, 5.41) is 0.878. The third kappa shape index (κ3) is 4.13. The van der Waals surface area contributed by atoms with E-state index in [0.29, 0.717) is 39.7 Å². The Bertz CT molecular complexity index is 1750. The van der Waals surface area contributed by atoms with Crippen molar-refractivity contribution in [3.05, 3.63) is 134 Å². The molecule has 1 unspecified atom stereocenters. The van der Waals surface area contributed by atoms with E-state index in [1.807, 2.05) is 74.5 Å². The maximum absolute atomic E-state index is 13.9. The lowest BCUT2D eigenvalue weighted by molar-refractivity contribution is 0.0970. The molecule has 7 heteroatoms. The molecule has 6 nitrogen and oxygen atoms in total. The van der Waals surface area contributed by atoms with E-state index in [9.17, 15) is 9.59 Å². The number of benzene rings is 3. The SMILES string of the molecule is Cc1cc2oc3c(c(=O)c2cc1C)C(c1cccc(OCc2ccccc2)c1)N(c1ccc(Cl)cn1)C3=O. The molecule has 1 aliphatic rings. The zero-order valence-electron chi connectivity index (χ0n) is 20.8. The van der Waals surface area contributed by atoms with E-state index in [-0.39, 0.29) is 16.8 Å². The van der Waals surface area contributed by atoms with Crippen LogP contribution in [0.2, 0.25) is 5.02 Å². The van der Waals surface area contributed by atoms with Crippen molar-refractivity contribution in [1.82, 2.24) is 4.98 Å². The van der Waals surface area contributed by atoms with E-state index >= 15 is 0 Å². The minimum Gasteiger partial charge on any atom is -0.489 e. The Morgan fingerprint density at radius 3 is 2.50 bits per heavy atom. The second-order valence-corrected chi connectivity index (χ2v) is 9.80. The minimum atomic E-state index is -0.756. The van der Waals surface area contributed by atoms with Crippen LogP contribution >= 0.6 is 11.6 Å². The molecule has 3 heterocycles. The van der Waals surface area contributed by atoms with Gasteiger partial charge < -0.3 is 9.15 Å². The molecule has 38 heavy (non-hydrogen) atoms. The molecule has 5 aromatic rings. The van der Waals surface area contributed by atoms with Crippen molar-refractivity contribution in [3.8, 4) is 5.75 Å². The largest absolute Gasteiger partial charge is 0.489 e. The highest BCUT2D eigenvalue weighted by molar-refractivity contribution is 6.30.